The van der Waals surface area contributed by atoms with Gasteiger partial charge >= 0.3 is 0 Å². The number of nitrogens with zero attached hydrogens (tertiary/aromatic N) is 2. The van der Waals surface area contributed by atoms with E-state index in [2.05, 4.69) is 189 Å². The molecule has 2 heteroatoms. The predicted octanol–water partition coefficient (Wildman–Crippen LogP) is 10.3. The van der Waals surface area contributed by atoms with Crippen LogP contribution in [0.1, 0.15) is 36.1 Å². The highest BCUT2D eigenvalue weighted by Gasteiger charge is 2.47. The van der Waals surface area contributed by atoms with Gasteiger partial charge in [0.25, 0.3) is 0 Å². The standard InChI is InChI=1S/C45H41N2/c1-44(2)41(46(3)39-27-26-34-20-13-14-23-37(34)43(39)44)24-15-25-42-45(30-32-16-7-5-8-17-32,31-33-18-9-6-10-19-33)38-28-35-21-11-12-22-36(35)29-40(38)47(42)4/h5-29H,30-31H2,1-4H3/q+1. The van der Waals surface area contributed by atoms with Crippen molar-refractivity contribution in [1.82, 2.24) is 0 Å². The summed E-state index contributed by atoms with van der Waals surface area (Å²) in [6.45, 7) is 4.74. The quantitative estimate of drug-likeness (QED) is 0.170. The van der Waals surface area contributed by atoms with Crippen LogP contribution in [-0.2, 0) is 23.7 Å². The lowest BCUT2D eigenvalue weighted by Crippen LogP contribution is -2.34. The summed E-state index contributed by atoms with van der Waals surface area (Å²) < 4.78 is 2.39. The van der Waals surface area contributed by atoms with Crippen LogP contribution in [0.5, 0.6) is 0 Å². The smallest absolute Gasteiger partial charge is 0.210 e. The Kier molecular flexibility index (Phi) is 6.99. The lowest BCUT2D eigenvalue weighted by molar-refractivity contribution is -0.401. The highest BCUT2D eigenvalue weighted by Crippen LogP contribution is 2.52. The van der Waals surface area contributed by atoms with Gasteiger partial charge in [-0.1, -0.05) is 115 Å². The Hall–Kier alpha value is -5.21. The maximum atomic E-state index is 2.46. The van der Waals surface area contributed by atoms with Gasteiger partial charge in [-0.25, -0.2) is 0 Å². The van der Waals surface area contributed by atoms with E-state index in [0.29, 0.717) is 0 Å². The second-order valence-corrected chi connectivity index (χ2v) is 13.8. The van der Waals surface area contributed by atoms with Crippen molar-refractivity contribution in [2.75, 3.05) is 19.0 Å². The molecule has 0 radical (unpaired) electrons. The fraction of sp³-hybridized carbons (Fsp3) is 0.178. The van der Waals surface area contributed by atoms with Crippen molar-refractivity contribution in [1.29, 1.82) is 0 Å². The number of fused-ring (bicyclic) bond motifs is 5. The molecule has 0 unspecified atom stereocenters. The van der Waals surface area contributed by atoms with E-state index in [1.165, 1.54) is 66.6 Å². The van der Waals surface area contributed by atoms with Gasteiger partial charge in [0, 0.05) is 41.6 Å². The summed E-state index contributed by atoms with van der Waals surface area (Å²) in [6.07, 6.45) is 8.89. The first-order valence-corrected chi connectivity index (χ1v) is 16.7. The summed E-state index contributed by atoms with van der Waals surface area (Å²) >= 11 is 0. The van der Waals surface area contributed by atoms with Crippen molar-refractivity contribution in [3.8, 4) is 0 Å². The van der Waals surface area contributed by atoms with Crippen LogP contribution in [0.25, 0.3) is 21.5 Å². The molecule has 0 amide bonds. The lowest BCUT2D eigenvalue weighted by Gasteiger charge is -2.34. The minimum absolute atomic E-state index is 0.132. The first-order valence-electron chi connectivity index (χ1n) is 16.7. The number of benzene rings is 6. The molecule has 0 N–H and O–H groups in total. The summed E-state index contributed by atoms with van der Waals surface area (Å²) in [5.41, 5.74) is 10.3. The zero-order valence-corrected chi connectivity index (χ0v) is 27.7. The molecular formula is C45H41N2+. The maximum absolute atomic E-state index is 2.46. The zero-order chi connectivity index (χ0) is 32.2. The molecule has 0 aliphatic carbocycles. The fourth-order valence-electron chi connectivity index (χ4n) is 8.50. The summed E-state index contributed by atoms with van der Waals surface area (Å²) in [6, 6.07) is 49.0. The van der Waals surface area contributed by atoms with Crippen molar-refractivity contribution >= 4 is 38.6 Å². The van der Waals surface area contributed by atoms with E-state index in [-0.39, 0.29) is 10.8 Å². The minimum atomic E-state index is -0.248. The Labute approximate surface area is 278 Å². The van der Waals surface area contributed by atoms with E-state index in [1.807, 2.05) is 0 Å². The van der Waals surface area contributed by atoms with Crippen LogP contribution in [0, 0.1) is 0 Å². The Balaban J connectivity index is 1.29. The highest BCUT2D eigenvalue weighted by molar-refractivity contribution is 6.07. The number of hydrogen-bond donors (Lipinski definition) is 0. The van der Waals surface area contributed by atoms with Crippen LogP contribution >= 0.6 is 0 Å². The molecule has 0 saturated heterocycles. The molecule has 2 heterocycles. The summed E-state index contributed by atoms with van der Waals surface area (Å²) in [5.74, 6) is 0. The summed E-state index contributed by atoms with van der Waals surface area (Å²) in [7, 11) is 4.47. The van der Waals surface area contributed by atoms with Gasteiger partial charge in [0.1, 0.15) is 7.05 Å². The van der Waals surface area contributed by atoms with E-state index < -0.39 is 0 Å². The monoisotopic (exact) mass is 609 g/mol. The molecule has 2 aliphatic rings. The highest BCUT2D eigenvalue weighted by atomic mass is 15.2. The number of rotatable bonds is 6. The number of likely N-dealkylation sites (N-methyl/N-ethyl adjacent to an activating group) is 1. The van der Waals surface area contributed by atoms with Gasteiger partial charge in [0.15, 0.2) is 5.71 Å². The SMILES string of the molecule is CN1C(=CC=CC2=[N+](C)c3ccc4ccccc4c3C2(C)C)C(Cc2ccccc2)(Cc2ccccc2)c2cc3ccccc3cc21. The molecule has 6 aromatic rings. The van der Waals surface area contributed by atoms with E-state index in [0.717, 1.165) is 12.8 Å². The Morgan fingerprint density at radius 1 is 0.660 bits per heavy atom. The average molecular weight is 610 g/mol. The van der Waals surface area contributed by atoms with Crippen LogP contribution in [0.15, 0.2) is 157 Å². The van der Waals surface area contributed by atoms with Crippen molar-refractivity contribution in [3.05, 3.63) is 180 Å². The predicted molar refractivity (Wildman–Crippen MR) is 199 cm³/mol. The van der Waals surface area contributed by atoms with Crippen molar-refractivity contribution < 1.29 is 4.58 Å². The molecule has 2 nitrogen and oxygen atoms in total. The molecule has 0 bridgehead atoms. The van der Waals surface area contributed by atoms with E-state index in [9.17, 15) is 0 Å². The van der Waals surface area contributed by atoms with E-state index in [4.69, 9.17) is 0 Å². The second-order valence-electron chi connectivity index (χ2n) is 13.8. The maximum Gasteiger partial charge on any atom is 0.210 e. The normalized spacial score (nSPS) is 17.3. The first kappa shape index (κ1) is 29.2. The molecule has 0 saturated carbocycles. The second kappa shape index (κ2) is 11.2. The van der Waals surface area contributed by atoms with Gasteiger partial charge in [0.05, 0.1) is 5.41 Å². The topological polar surface area (TPSA) is 6.25 Å². The molecule has 47 heavy (non-hydrogen) atoms. The Bertz CT molecular complexity index is 2190. The van der Waals surface area contributed by atoms with Crippen LogP contribution in [0.2, 0.25) is 0 Å². The third-order valence-electron chi connectivity index (χ3n) is 10.7. The minimum Gasteiger partial charge on any atom is -0.347 e. The zero-order valence-electron chi connectivity index (χ0n) is 27.7. The van der Waals surface area contributed by atoms with E-state index in [1.54, 1.807) is 0 Å². The summed E-state index contributed by atoms with van der Waals surface area (Å²) in [4.78, 5) is 2.45. The van der Waals surface area contributed by atoms with E-state index >= 15 is 0 Å². The Morgan fingerprint density at radius 3 is 1.89 bits per heavy atom. The number of hydrogen-bond acceptors (Lipinski definition) is 1. The van der Waals surface area contributed by atoms with Gasteiger partial charge in [-0.2, -0.15) is 4.58 Å². The molecule has 0 atom stereocenters. The van der Waals surface area contributed by atoms with Crippen LogP contribution in [0.4, 0.5) is 11.4 Å². The first-order chi connectivity index (χ1) is 22.9. The summed E-state index contributed by atoms with van der Waals surface area (Å²) in [5, 5.41) is 5.20. The van der Waals surface area contributed by atoms with Crippen LogP contribution in [0.3, 0.4) is 0 Å². The molecule has 0 fully saturated rings. The fourth-order valence-corrected chi connectivity index (χ4v) is 8.50. The molecule has 230 valence electrons. The van der Waals surface area contributed by atoms with Gasteiger partial charge in [-0.15, -0.1) is 0 Å². The van der Waals surface area contributed by atoms with Gasteiger partial charge < -0.3 is 4.90 Å². The molecule has 0 spiro atoms. The largest absolute Gasteiger partial charge is 0.347 e. The number of allylic oxidation sites excluding steroid dienone is 4. The van der Waals surface area contributed by atoms with Gasteiger partial charge in [-0.3, -0.25) is 0 Å². The van der Waals surface area contributed by atoms with Crippen LogP contribution < -0.4 is 4.90 Å². The molecule has 6 aromatic carbocycles. The molecule has 0 aromatic heterocycles. The van der Waals surface area contributed by atoms with Crippen LogP contribution in [-0.4, -0.2) is 24.4 Å². The van der Waals surface area contributed by atoms with Gasteiger partial charge in [-0.05, 0) is 89.2 Å². The van der Waals surface area contributed by atoms with Gasteiger partial charge in [0.2, 0.25) is 5.69 Å². The van der Waals surface area contributed by atoms with Crippen molar-refractivity contribution in [2.24, 2.45) is 0 Å². The molecule has 8 rings (SSSR count). The third-order valence-corrected chi connectivity index (χ3v) is 10.7. The molecule has 2 aliphatic heterocycles. The van der Waals surface area contributed by atoms with Crippen molar-refractivity contribution in [2.45, 2.75) is 37.5 Å². The lowest BCUT2D eigenvalue weighted by atomic mass is 9.70. The number of anilines is 1. The third kappa shape index (κ3) is 4.74. The van der Waals surface area contributed by atoms with Crippen molar-refractivity contribution in [3.63, 3.8) is 0 Å². The molecular weight excluding hydrogens is 569 g/mol. The average Bonchev–Trinajstić information content (AvgIpc) is 3.43. The Morgan fingerprint density at radius 2 is 1.23 bits per heavy atom.